The maximum atomic E-state index is 5.22. The number of benzene rings is 3. The smallest absolute Gasteiger partial charge is 0.0647 e. The Kier molecular flexibility index (Phi) is 3.72. The van der Waals surface area contributed by atoms with E-state index in [0.717, 1.165) is 27.9 Å². The van der Waals surface area contributed by atoms with Gasteiger partial charge in [-0.1, -0.05) is 54.6 Å². The number of methoxy groups -OCH3 is 1. The fourth-order valence-corrected chi connectivity index (χ4v) is 2.87. The monoisotopic (exact) mass is 310 g/mol. The predicted octanol–water partition coefficient (Wildman–Crippen LogP) is 5.38. The molecule has 0 aliphatic heterocycles. The molecular formula is C22H16NO-. The van der Waals surface area contributed by atoms with Crippen LogP contribution in [0, 0.1) is 6.07 Å². The van der Waals surface area contributed by atoms with Crippen LogP contribution in [0.2, 0.25) is 0 Å². The molecule has 0 aliphatic carbocycles. The van der Waals surface area contributed by atoms with Gasteiger partial charge in [0.05, 0.1) is 12.6 Å². The van der Waals surface area contributed by atoms with Crippen LogP contribution >= 0.6 is 0 Å². The lowest BCUT2D eigenvalue weighted by atomic mass is 9.98. The Morgan fingerprint density at radius 3 is 2.42 bits per heavy atom. The summed E-state index contributed by atoms with van der Waals surface area (Å²) in [6.45, 7) is 0. The minimum atomic E-state index is 0.794. The van der Waals surface area contributed by atoms with Gasteiger partial charge in [0.2, 0.25) is 0 Å². The molecule has 0 saturated carbocycles. The average molecular weight is 310 g/mol. The predicted molar refractivity (Wildman–Crippen MR) is 98.0 cm³/mol. The van der Waals surface area contributed by atoms with Crippen LogP contribution in [0.1, 0.15) is 0 Å². The standard InChI is InChI=1S/C22H16NO/c1-24-18-13-11-17(12-14-18)22-15-20(16-7-3-2-4-8-16)19-9-5-6-10-21(19)23-22/h2-11,13-15H,1H3/q-1. The van der Waals surface area contributed by atoms with E-state index in [4.69, 9.17) is 9.72 Å². The Balaban J connectivity index is 1.94. The lowest BCUT2D eigenvalue weighted by Crippen LogP contribution is -1.90. The SMILES string of the molecule is COc1c[c-]c(-c2cc(-c3ccccc3)c3ccccc3n2)cc1. The maximum Gasteiger partial charge on any atom is 0.0647 e. The van der Waals surface area contributed by atoms with Gasteiger partial charge in [-0.15, -0.1) is 29.8 Å². The number of ether oxygens (including phenoxy) is 1. The van der Waals surface area contributed by atoms with Crippen LogP contribution < -0.4 is 4.74 Å². The van der Waals surface area contributed by atoms with Gasteiger partial charge >= 0.3 is 0 Å². The van der Waals surface area contributed by atoms with Crippen molar-refractivity contribution in [3.05, 3.63) is 84.9 Å². The molecule has 116 valence electrons. The largest absolute Gasteiger partial charge is 0.540 e. The summed E-state index contributed by atoms with van der Waals surface area (Å²) in [6, 6.07) is 29.8. The van der Waals surface area contributed by atoms with E-state index in [-0.39, 0.29) is 0 Å². The van der Waals surface area contributed by atoms with E-state index < -0.39 is 0 Å². The zero-order valence-electron chi connectivity index (χ0n) is 13.4. The van der Waals surface area contributed by atoms with Gasteiger partial charge in [-0.25, -0.2) is 0 Å². The van der Waals surface area contributed by atoms with Crippen molar-refractivity contribution in [1.82, 2.24) is 4.98 Å². The van der Waals surface area contributed by atoms with Crippen molar-refractivity contribution in [1.29, 1.82) is 0 Å². The van der Waals surface area contributed by atoms with E-state index in [0.29, 0.717) is 0 Å². The van der Waals surface area contributed by atoms with Crippen LogP contribution in [0.3, 0.4) is 0 Å². The summed E-state index contributed by atoms with van der Waals surface area (Å²) < 4.78 is 5.22. The Morgan fingerprint density at radius 1 is 0.875 bits per heavy atom. The van der Waals surface area contributed by atoms with Gasteiger partial charge in [-0.2, -0.15) is 0 Å². The van der Waals surface area contributed by atoms with Crippen LogP contribution in [-0.4, -0.2) is 12.1 Å². The zero-order chi connectivity index (χ0) is 16.4. The van der Waals surface area contributed by atoms with Crippen molar-refractivity contribution in [3.8, 4) is 28.1 Å². The molecule has 0 bridgehead atoms. The molecule has 4 aromatic rings. The molecule has 2 heteroatoms. The molecule has 0 atom stereocenters. The van der Waals surface area contributed by atoms with Crippen LogP contribution in [0.5, 0.6) is 5.75 Å². The first-order valence-corrected chi connectivity index (χ1v) is 7.86. The van der Waals surface area contributed by atoms with Gasteiger partial charge < -0.3 is 4.74 Å². The molecule has 0 saturated heterocycles. The molecule has 0 spiro atoms. The molecule has 0 unspecified atom stereocenters. The molecule has 1 heterocycles. The Labute approximate surface area is 141 Å². The first-order valence-electron chi connectivity index (χ1n) is 7.86. The highest BCUT2D eigenvalue weighted by Crippen LogP contribution is 2.32. The lowest BCUT2D eigenvalue weighted by Gasteiger charge is -2.15. The third kappa shape index (κ3) is 2.63. The number of para-hydroxylation sites is 1. The fraction of sp³-hybridized carbons (Fsp3) is 0.0455. The first-order chi connectivity index (χ1) is 11.8. The molecule has 4 rings (SSSR count). The van der Waals surface area contributed by atoms with Crippen molar-refractivity contribution in [2.24, 2.45) is 0 Å². The van der Waals surface area contributed by atoms with E-state index >= 15 is 0 Å². The third-order valence-electron chi connectivity index (χ3n) is 4.10. The molecule has 0 amide bonds. The second-order valence-electron chi connectivity index (χ2n) is 5.58. The van der Waals surface area contributed by atoms with Crippen molar-refractivity contribution in [3.63, 3.8) is 0 Å². The summed E-state index contributed by atoms with van der Waals surface area (Å²) in [4.78, 5) is 4.82. The number of fused-ring (bicyclic) bond motifs is 1. The number of aromatic nitrogens is 1. The van der Waals surface area contributed by atoms with Crippen molar-refractivity contribution < 1.29 is 4.74 Å². The molecule has 2 nitrogen and oxygen atoms in total. The Hall–Kier alpha value is -3.13. The fourth-order valence-electron chi connectivity index (χ4n) is 2.87. The van der Waals surface area contributed by atoms with E-state index in [1.165, 1.54) is 11.1 Å². The van der Waals surface area contributed by atoms with Crippen LogP contribution in [-0.2, 0) is 0 Å². The number of pyridine rings is 1. The number of hydrogen-bond acceptors (Lipinski definition) is 2. The second kappa shape index (κ2) is 6.17. The summed E-state index contributed by atoms with van der Waals surface area (Å²) in [5, 5.41) is 1.15. The topological polar surface area (TPSA) is 22.1 Å². The van der Waals surface area contributed by atoms with Gasteiger partial charge in [0.25, 0.3) is 0 Å². The lowest BCUT2D eigenvalue weighted by molar-refractivity contribution is 0.415. The summed E-state index contributed by atoms with van der Waals surface area (Å²) in [7, 11) is 1.66. The highest BCUT2D eigenvalue weighted by atomic mass is 16.5. The molecule has 0 fully saturated rings. The molecule has 1 aromatic heterocycles. The van der Waals surface area contributed by atoms with E-state index in [9.17, 15) is 0 Å². The van der Waals surface area contributed by atoms with E-state index in [1.54, 1.807) is 7.11 Å². The molecule has 0 N–H and O–H groups in total. The quantitative estimate of drug-likeness (QED) is 0.474. The van der Waals surface area contributed by atoms with Gasteiger partial charge in [-0.05, 0) is 22.9 Å². The summed E-state index contributed by atoms with van der Waals surface area (Å²) >= 11 is 0. The number of hydrogen-bond donors (Lipinski definition) is 0. The van der Waals surface area contributed by atoms with Crippen LogP contribution in [0.4, 0.5) is 0 Å². The van der Waals surface area contributed by atoms with Crippen molar-refractivity contribution in [2.45, 2.75) is 0 Å². The summed E-state index contributed by atoms with van der Waals surface area (Å²) in [6.07, 6.45) is 0. The maximum absolute atomic E-state index is 5.22. The Bertz CT molecular complexity index is 976. The molecule has 3 aromatic carbocycles. The molecule has 24 heavy (non-hydrogen) atoms. The summed E-state index contributed by atoms with van der Waals surface area (Å²) in [5.74, 6) is 0.794. The minimum Gasteiger partial charge on any atom is -0.540 e. The van der Waals surface area contributed by atoms with Gasteiger partial charge in [0.1, 0.15) is 0 Å². The number of nitrogens with zero attached hydrogens (tertiary/aromatic N) is 1. The van der Waals surface area contributed by atoms with Crippen LogP contribution in [0.25, 0.3) is 33.3 Å². The van der Waals surface area contributed by atoms with Crippen LogP contribution in [0.15, 0.2) is 78.9 Å². The normalized spacial score (nSPS) is 10.7. The average Bonchev–Trinajstić information content (AvgIpc) is 2.68. The minimum absolute atomic E-state index is 0.794. The molecular weight excluding hydrogens is 294 g/mol. The Morgan fingerprint density at radius 2 is 1.67 bits per heavy atom. The summed E-state index contributed by atoms with van der Waals surface area (Å²) in [5.41, 5.74) is 5.22. The van der Waals surface area contributed by atoms with Gasteiger partial charge in [0.15, 0.2) is 0 Å². The van der Waals surface area contributed by atoms with Gasteiger partial charge in [-0.3, -0.25) is 4.98 Å². The third-order valence-corrected chi connectivity index (χ3v) is 4.10. The van der Waals surface area contributed by atoms with E-state index in [1.807, 2.05) is 30.3 Å². The molecule has 0 radical (unpaired) electrons. The van der Waals surface area contributed by atoms with Crippen molar-refractivity contribution in [2.75, 3.05) is 7.11 Å². The molecule has 0 aliphatic rings. The van der Waals surface area contributed by atoms with Crippen molar-refractivity contribution >= 4 is 10.9 Å². The zero-order valence-corrected chi connectivity index (χ0v) is 13.4. The van der Waals surface area contributed by atoms with E-state index in [2.05, 4.69) is 54.6 Å². The second-order valence-corrected chi connectivity index (χ2v) is 5.58. The number of rotatable bonds is 3. The van der Waals surface area contributed by atoms with Gasteiger partial charge in [0, 0.05) is 11.1 Å². The first kappa shape index (κ1) is 14.5. The highest BCUT2D eigenvalue weighted by molar-refractivity contribution is 5.96. The highest BCUT2D eigenvalue weighted by Gasteiger charge is 2.06.